The van der Waals surface area contributed by atoms with E-state index in [9.17, 15) is 4.79 Å². The highest BCUT2D eigenvalue weighted by Crippen LogP contribution is 2.21. The Labute approximate surface area is 221 Å². The molecule has 1 aromatic heterocycles. The van der Waals surface area contributed by atoms with Crippen LogP contribution in [-0.2, 0) is 17.9 Å². The first-order valence-electron chi connectivity index (χ1n) is 13.7. The van der Waals surface area contributed by atoms with Crippen LogP contribution in [0.4, 0.5) is 0 Å². The number of hydrogen-bond donors (Lipinski definition) is 1. The molecule has 0 saturated carbocycles. The summed E-state index contributed by atoms with van der Waals surface area (Å²) < 4.78 is 2.34. The molecule has 6 heteroatoms. The van der Waals surface area contributed by atoms with Crippen molar-refractivity contribution in [1.82, 2.24) is 14.5 Å². The quantitative estimate of drug-likeness (QED) is 0.237. The number of rotatable bonds is 13. The fourth-order valence-electron chi connectivity index (χ4n) is 4.75. The van der Waals surface area contributed by atoms with Gasteiger partial charge in [0.25, 0.3) is 0 Å². The molecule has 0 radical (unpaired) electrons. The van der Waals surface area contributed by atoms with Gasteiger partial charge in [0, 0.05) is 18.0 Å². The van der Waals surface area contributed by atoms with Crippen molar-refractivity contribution in [3.63, 3.8) is 0 Å². The van der Waals surface area contributed by atoms with Gasteiger partial charge in [-0.3, -0.25) is 9.69 Å². The molecule has 4 rings (SSSR count). The molecule has 0 bridgehead atoms. The first-order valence-corrected chi connectivity index (χ1v) is 14.1. The van der Waals surface area contributed by atoms with E-state index in [-0.39, 0.29) is 0 Å². The lowest BCUT2D eigenvalue weighted by molar-refractivity contribution is -0.137. The average Bonchev–Trinajstić information content (AvgIpc) is 3.51. The lowest BCUT2D eigenvalue weighted by atomic mass is 10.1. The Morgan fingerprint density at radius 2 is 1.53 bits per heavy atom. The summed E-state index contributed by atoms with van der Waals surface area (Å²) in [7, 11) is 0. The maximum Gasteiger partial charge on any atom is 0.303 e. The van der Waals surface area contributed by atoms with Gasteiger partial charge in [-0.15, -0.1) is 0 Å². The number of carbonyl (C=O) groups is 1. The lowest BCUT2D eigenvalue weighted by Crippen LogP contribution is -2.21. The van der Waals surface area contributed by atoms with E-state index in [1.54, 1.807) is 0 Å². The molecule has 3 aromatic rings. The number of aromatic nitrogens is 2. The molecule has 196 valence electrons. The number of aliphatic carboxylic acids is 1. The van der Waals surface area contributed by atoms with Crippen LogP contribution in [0.15, 0.2) is 48.5 Å². The molecule has 0 amide bonds. The minimum absolute atomic E-state index is 0.342. The van der Waals surface area contributed by atoms with Crippen molar-refractivity contribution >= 4 is 28.6 Å². The predicted octanol–water partition coefficient (Wildman–Crippen LogP) is 7.94. The van der Waals surface area contributed by atoms with Gasteiger partial charge >= 0.3 is 5.97 Å². The zero-order valence-electron chi connectivity index (χ0n) is 21.8. The first-order chi connectivity index (χ1) is 17.6. The molecule has 1 saturated heterocycles. The van der Waals surface area contributed by atoms with Crippen molar-refractivity contribution in [2.45, 2.75) is 90.6 Å². The van der Waals surface area contributed by atoms with Crippen LogP contribution in [0.25, 0.3) is 11.0 Å². The molecule has 2 aromatic carbocycles. The monoisotopic (exact) mass is 511 g/mol. The normalized spacial score (nSPS) is 13.6. The molecule has 0 spiro atoms. The largest absolute Gasteiger partial charge is 0.481 e. The van der Waals surface area contributed by atoms with Crippen molar-refractivity contribution < 1.29 is 9.90 Å². The summed E-state index contributed by atoms with van der Waals surface area (Å²) in [5.74, 6) is 0.494. The number of benzene rings is 2. The van der Waals surface area contributed by atoms with Crippen LogP contribution >= 0.6 is 11.6 Å². The third-order valence-corrected chi connectivity index (χ3v) is 7.05. The number of carboxylic acids is 1. The zero-order chi connectivity index (χ0) is 25.6. The summed E-state index contributed by atoms with van der Waals surface area (Å²) in [6.45, 7) is 6.35. The van der Waals surface area contributed by atoms with Crippen LogP contribution in [0, 0.1) is 0 Å². The predicted molar refractivity (Wildman–Crippen MR) is 150 cm³/mol. The summed E-state index contributed by atoms with van der Waals surface area (Å²) in [6, 6.07) is 16.5. The molecule has 1 aliphatic rings. The minimum atomic E-state index is -0.661. The molecule has 0 atom stereocenters. The molecule has 5 nitrogen and oxygen atoms in total. The molecule has 2 heterocycles. The molecular weight excluding hydrogens is 470 g/mol. The number of imidazole rings is 1. The molecule has 1 fully saturated rings. The molecule has 36 heavy (non-hydrogen) atoms. The number of nitrogens with zero attached hydrogens (tertiary/aromatic N) is 3. The summed E-state index contributed by atoms with van der Waals surface area (Å²) in [5, 5.41) is 9.17. The Balaban J connectivity index is 0.000000240. The number of carboxylic acid groups (broad SMARTS) is 1. The van der Waals surface area contributed by atoms with E-state index in [0.717, 1.165) is 42.3 Å². The number of para-hydroxylation sites is 2. The molecule has 1 aliphatic heterocycles. The van der Waals surface area contributed by atoms with Crippen molar-refractivity contribution in [3.8, 4) is 0 Å². The summed E-state index contributed by atoms with van der Waals surface area (Å²) in [6.07, 6.45) is 12.7. The summed E-state index contributed by atoms with van der Waals surface area (Å²) >= 11 is 6.01. The smallest absolute Gasteiger partial charge is 0.303 e. The highest BCUT2D eigenvalue weighted by atomic mass is 35.5. The zero-order valence-corrected chi connectivity index (χ0v) is 22.6. The Hall–Kier alpha value is -2.37. The maximum absolute atomic E-state index is 10.2. The van der Waals surface area contributed by atoms with Gasteiger partial charge in [0.2, 0.25) is 0 Å². The third-order valence-electron chi connectivity index (χ3n) is 6.80. The highest BCUT2D eigenvalue weighted by Gasteiger charge is 2.17. The average molecular weight is 512 g/mol. The van der Waals surface area contributed by atoms with Gasteiger partial charge in [0.1, 0.15) is 5.82 Å². The van der Waals surface area contributed by atoms with Crippen molar-refractivity contribution in [1.29, 1.82) is 0 Å². The Kier molecular flexibility index (Phi) is 12.3. The SMILES string of the molecule is CCCCCCCCCCC(=O)O.Clc1ccc(Cn2c(CN3CCCC3)nc3ccccc32)cc1. The van der Waals surface area contributed by atoms with E-state index >= 15 is 0 Å². The van der Waals surface area contributed by atoms with Crippen LogP contribution in [-0.4, -0.2) is 38.6 Å². The topological polar surface area (TPSA) is 58.4 Å². The van der Waals surface area contributed by atoms with Gasteiger partial charge in [-0.2, -0.15) is 0 Å². The van der Waals surface area contributed by atoms with Crippen LogP contribution in [0.2, 0.25) is 5.02 Å². The van der Waals surface area contributed by atoms with E-state index in [4.69, 9.17) is 21.7 Å². The van der Waals surface area contributed by atoms with Crippen molar-refractivity contribution in [3.05, 3.63) is 64.9 Å². The second kappa shape index (κ2) is 15.7. The van der Waals surface area contributed by atoms with Crippen LogP contribution in [0.5, 0.6) is 0 Å². The Morgan fingerprint density at radius 3 is 2.19 bits per heavy atom. The molecule has 1 N–H and O–H groups in total. The van der Waals surface area contributed by atoms with E-state index in [1.165, 1.54) is 75.5 Å². The van der Waals surface area contributed by atoms with E-state index in [2.05, 4.69) is 52.8 Å². The Bertz CT molecular complexity index is 1040. The van der Waals surface area contributed by atoms with E-state index < -0.39 is 5.97 Å². The van der Waals surface area contributed by atoms with E-state index in [0.29, 0.717) is 6.42 Å². The second-order valence-corrected chi connectivity index (χ2v) is 10.3. The Morgan fingerprint density at radius 1 is 0.889 bits per heavy atom. The van der Waals surface area contributed by atoms with Crippen molar-refractivity contribution in [2.75, 3.05) is 13.1 Å². The van der Waals surface area contributed by atoms with Gasteiger partial charge in [-0.1, -0.05) is 87.7 Å². The number of fused-ring (bicyclic) bond motifs is 1. The maximum atomic E-state index is 10.2. The fraction of sp³-hybridized carbons (Fsp3) is 0.533. The van der Waals surface area contributed by atoms with Crippen molar-refractivity contribution in [2.24, 2.45) is 0 Å². The van der Waals surface area contributed by atoms with Crippen LogP contribution in [0.3, 0.4) is 0 Å². The van der Waals surface area contributed by atoms with Crippen LogP contribution < -0.4 is 0 Å². The minimum Gasteiger partial charge on any atom is -0.481 e. The molecular formula is C30H42ClN3O2. The summed E-state index contributed by atoms with van der Waals surface area (Å²) in [4.78, 5) is 17.6. The number of halogens is 1. The van der Waals surface area contributed by atoms with Gasteiger partial charge in [-0.25, -0.2) is 4.98 Å². The third kappa shape index (κ3) is 9.59. The van der Waals surface area contributed by atoms with Gasteiger partial charge < -0.3 is 9.67 Å². The number of hydrogen-bond acceptors (Lipinski definition) is 3. The number of unbranched alkanes of at least 4 members (excludes halogenated alkanes) is 7. The molecule has 0 aliphatic carbocycles. The molecule has 0 unspecified atom stereocenters. The standard InChI is InChI=1S/C19H20ClN3.C11H22O2/c20-16-9-7-15(8-10-16)13-23-18-6-2-1-5-17(18)21-19(23)14-22-11-3-4-12-22;1-2-3-4-5-6-7-8-9-10-11(12)13/h1-2,5-10H,3-4,11-14H2;2-10H2,1H3,(H,12,13). The van der Waals surface area contributed by atoms with E-state index in [1.807, 2.05) is 12.1 Å². The number of likely N-dealkylation sites (tertiary alicyclic amines) is 1. The van der Waals surface area contributed by atoms with Gasteiger partial charge in [0.05, 0.1) is 17.6 Å². The fourth-order valence-corrected chi connectivity index (χ4v) is 4.87. The first kappa shape index (κ1) is 28.2. The summed E-state index contributed by atoms with van der Waals surface area (Å²) in [5.41, 5.74) is 3.53. The van der Waals surface area contributed by atoms with Gasteiger partial charge in [-0.05, 0) is 62.2 Å². The van der Waals surface area contributed by atoms with Gasteiger partial charge in [0.15, 0.2) is 0 Å². The van der Waals surface area contributed by atoms with Crippen LogP contribution in [0.1, 0.15) is 88.9 Å². The lowest BCUT2D eigenvalue weighted by Gasteiger charge is -2.16. The second-order valence-electron chi connectivity index (χ2n) is 9.83. The highest BCUT2D eigenvalue weighted by molar-refractivity contribution is 6.30.